The van der Waals surface area contributed by atoms with Gasteiger partial charge in [-0.1, -0.05) is 0 Å². The lowest BCUT2D eigenvalue weighted by atomic mass is 10.1. The van der Waals surface area contributed by atoms with Gasteiger partial charge in [0.25, 0.3) is 0 Å². The van der Waals surface area contributed by atoms with Crippen molar-refractivity contribution in [3.8, 4) is 11.1 Å². The molecule has 0 aliphatic carbocycles. The van der Waals surface area contributed by atoms with E-state index in [4.69, 9.17) is 0 Å². The summed E-state index contributed by atoms with van der Waals surface area (Å²) in [5, 5.41) is 3.23. The number of nitrogens with one attached hydrogen (secondary N) is 1. The molecule has 0 saturated carbocycles. The molecule has 4 nitrogen and oxygen atoms in total. The SMILES string of the molecule is Fc1ccc(CNc2cncc(-c3ccncc3)c2)nc1. The summed E-state index contributed by atoms with van der Waals surface area (Å²) >= 11 is 0. The highest BCUT2D eigenvalue weighted by Gasteiger charge is 2.01. The molecule has 104 valence electrons. The predicted molar refractivity (Wildman–Crippen MR) is 79.0 cm³/mol. The fraction of sp³-hybridized carbons (Fsp3) is 0.0625. The molecule has 0 aliphatic heterocycles. The van der Waals surface area contributed by atoms with E-state index in [1.165, 1.54) is 12.3 Å². The van der Waals surface area contributed by atoms with Crippen molar-refractivity contribution in [1.29, 1.82) is 0 Å². The second-order valence-corrected chi connectivity index (χ2v) is 4.52. The monoisotopic (exact) mass is 280 g/mol. The quantitative estimate of drug-likeness (QED) is 0.796. The van der Waals surface area contributed by atoms with Gasteiger partial charge in [0.1, 0.15) is 5.82 Å². The van der Waals surface area contributed by atoms with Crippen LogP contribution in [0.15, 0.2) is 61.3 Å². The molecule has 1 N–H and O–H groups in total. The Morgan fingerprint density at radius 2 is 1.76 bits per heavy atom. The van der Waals surface area contributed by atoms with Gasteiger partial charge in [-0.05, 0) is 35.9 Å². The van der Waals surface area contributed by atoms with Crippen molar-refractivity contribution in [2.45, 2.75) is 6.54 Å². The van der Waals surface area contributed by atoms with E-state index in [9.17, 15) is 4.39 Å². The fourth-order valence-electron chi connectivity index (χ4n) is 1.94. The maximum absolute atomic E-state index is 12.8. The zero-order valence-corrected chi connectivity index (χ0v) is 11.2. The number of hydrogen-bond donors (Lipinski definition) is 1. The van der Waals surface area contributed by atoms with Gasteiger partial charge in [-0.3, -0.25) is 15.0 Å². The molecule has 0 bridgehead atoms. The molecule has 0 fully saturated rings. The highest BCUT2D eigenvalue weighted by atomic mass is 19.1. The van der Waals surface area contributed by atoms with Gasteiger partial charge in [0.15, 0.2) is 0 Å². The third kappa shape index (κ3) is 3.39. The molecule has 21 heavy (non-hydrogen) atoms. The summed E-state index contributed by atoms with van der Waals surface area (Å²) in [4.78, 5) is 12.2. The number of anilines is 1. The Kier molecular flexibility index (Phi) is 3.82. The molecule has 0 aromatic carbocycles. The van der Waals surface area contributed by atoms with E-state index in [-0.39, 0.29) is 5.82 Å². The summed E-state index contributed by atoms with van der Waals surface area (Å²) in [6.45, 7) is 0.516. The van der Waals surface area contributed by atoms with Gasteiger partial charge in [-0.2, -0.15) is 0 Å². The summed E-state index contributed by atoms with van der Waals surface area (Å²) in [6.07, 6.45) is 8.25. The van der Waals surface area contributed by atoms with Gasteiger partial charge >= 0.3 is 0 Å². The maximum Gasteiger partial charge on any atom is 0.141 e. The van der Waals surface area contributed by atoms with Crippen LogP contribution in [-0.4, -0.2) is 15.0 Å². The van der Waals surface area contributed by atoms with Crippen LogP contribution < -0.4 is 5.32 Å². The molecule has 0 spiro atoms. The molecule has 0 aliphatic rings. The number of nitrogens with zero attached hydrogens (tertiary/aromatic N) is 3. The topological polar surface area (TPSA) is 50.7 Å². The lowest BCUT2D eigenvalue weighted by molar-refractivity contribution is 0.619. The first kappa shape index (κ1) is 13.2. The van der Waals surface area contributed by atoms with Gasteiger partial charge in [-0.25, -0.2) is 4.39 Å². The molecule has 0 saturated heterocycles. The van der Waals surface area contributed by atoms with Crippen LogP contribution in [0.2, 0.25) is 0 Å². The smallest absolute Gasteiger partial charge is 0.141 e. The summed E-state index contributed by atoms with van der Waals surface area (Å²) in [6, 6.07) is 8.93. The van der Waals surface area contributed by atoms with Crippen molar-refractivity contribution in [3.05, 3.63) is 72.8 Å². The van der Waals surface area contributed by atoms with Gasteiger partial charge in [0.05, 0.1) is 24.1 Å². The average Bonchev–Trinajstić information content (AvgIpc) is 2.55. The molecule has 0 unspecified atom stereocenters. The molecule has 5 heteroatoms. The van der Waals surface area contributed by atoms with E-state index in [0.717, 1.165) is 22.5 Å². The van der Waals surface area contributed by atoms with Gasteiger partial charge in [-0.15, -0.1) is 0 Å². The van der Waals surface area contributed by atoms with Crippen LogP contribution in [0.25, 0.3) is 11.1 Å². The Bertz CT molecular complexity index is 714. The van der Waals surface area contributed by atoms with Crippen molar-refractivity contribution in [3.63, 3.8) is 0 Å². The Morgan fingerprint density at radius 1 is 0.905 bits per heavy atom. The van der Waals surface area contributed by atoms with Crippen LogP contribution in [0.5, 0.6) is 0 Å². The van der Waals surface area contributed by atoms with E-state index < -0.39 is 0 Å². The first-order valence-corrected chi connectivity index (χ1v) is 6.51. The summed E-state index contributed by atoms with van der Waals surface area (Å²) in [7, 11) is 0. The normalized spacial score (nSPS) is 10.3. The highest BCUT2D eigenvalue weighted by molar-refractivity contribution is 5.66. The third-order valence-electron chi connectivity index (χ3n) is 3.01. The minimum Gasteiger partial charge on any atom is -0.378 e. The van der Waals surface area contributed by atoms with Crippen LogP contribution in [-0.2, 0) is 6.54 Å². The first-order valence-electron chi connectivity index (χ1n) is 6.51. The van der Waals surface area contributed by atoms with E-state index in [1.807, 2.05) is 18.2 Å². The molecule has 3 heterocycles. The molecular weight excluding hydrogens is 267 g/mol. The van der Waals surface area contributed by atoms with Crippen LogP contribution in [0.4, 0.5) is 10.1 Å². The number of aromatic nitrogens is 3. The van der Waals surface area contributed by atoms with E-state index in [2.05, 4.69) is 20.3 Å². The zero-order valence-electron chi connectivity index (χ0n) is 11.2. The van der Waals surface area contributed by atoms with Crippen molar-refractivity contribution in [2.24, 2.45) is 0 Å². The second kappa shape index (κ2) is 6.09. The molecule has 0 atom stereocenters. The molecule has 3 aromatic rings. The standard InChI is InChI=1S/C16H13FN4/c17-14-1-2-15(20-9-14)11-21-16-7-13(8-19-10-16)12-3-5-18-6-4-12/h1-10,21H,11H2. The zero-order chi connectivity index (χ0) is 14.5. The lowest BCUT2D eigenvalue weighted by Gasteiger charge is -2.07. The third-order valence-corrected chi connectivity index (χ3v) is 3.01. The largest absolute Gasteiger partial charge is 0.378 e. The minimum absolute atomic E-state index is 0.333. The van der Waals surface area contributed by atoms with Crippen molar-refractivity contribution < 1.29 is 4.39 Å². The molecular formula is C16H13FN4. The lowest BCUT2D eigenvalue weighted by Crippen LogP contribution is -2.02. The van der Waals surface area contributed by atoms with Crippen molar-refractivity contribution >= 4 is 5.69 Å². The van der Waals surface area contributed by atoms with E-state index in [0.29, 0.717) is 6.54 Å². The highest BCUT2D eigenvalue weighted by Crippen LogP contribution is 2.20. The molecule has 3 aromatic heterocycles. The first-order chi connectivity index (χ1) is 10.3. The van der Waals surface area contributed by atoms with E-state index in [1.54, 1.807) is 30.9 Å². The van der Waals surface area contributed by atoms with Crippen LogP contribution >= 0.6 is 0 Å². The number of halogens is 1. The molecule has 0 radical (unpaired) electrons. The summed E-state index contributed by atoms with van der Waals surface area (Å²) < 4.78 is 12.8. The Labute approximate surface area is 121 Å². The average molecular weight is 280 g/mol. The Balaban J connectivity index is 1.73. The van der Waals surface area contributed by atoms with Crippen molar-refractivity contribution in [2.75, 3.05) is 5.32 Å². The van der Waals surface area contributed by atoms with Crippen LogP contribution in [0.3, 0.4) is 0 Å². The molecule has 3 rings (SSSR count). The van der Waals surface area contributed by atoms with Gasteiger partial charge < -0.3 is 5.32 Å². The minimum atomic E-state index is -0.333. The van der Waals surface area contributed by atoms with E-state index >= 15 is 0 Å². The van der Waals surface area contributed by atoms with Crippen LogP contribution in [0, 0.1) is 5.82 Å². The van der Waals surface area contributed by atoms with Gasteiger partial charge in [0, 0.05) is 30.4 Å². The van der Waals surface area contributed by atoms with Gasteiger partial charge in [0.2, 0.25) is 0 Å². The fourth-order valence-corrected chi connectivity index (χ4v) is 1.94. The van der Waals surface area contributed by atoms with Crippen LogP contribution in [0.1, 0.15) is 5.69 Å². The maximum atomic E-state index is 12.8. The Morgan fingerprint density at radius 3 is 2.52 bits per heavy atom. The predicted octanol–water partition coefficient (Wildman–Crippen LogP) is 3.29. The number of rotatable bonds is 4. The Hall–Kier alpha value is -2.82. The van der Waals surface area contributed by atoms with Crippen molar-refractivity contribution in [1.82, 2.24) is 15.0 Å². The molecule has 0 amide bonds. The number of hydrogen-bond acceptors (Lipinski definition) is 4. The number of pyridine rings is 3. The summed E-state index contributed by atoms with van der Waals surface area (Å²) in [5.74, 6) is -0.333. The summed E-state index contributed by atoms with van der Waals surface area (Å²) in [5.41, 5.74) is 3.72. The second-order valence-electron chi connectivity index (χ2n) is 4.52.